The fourth-order valence-corrected chi connectivity index (χ4v) is 0.787. The molecule has 5 nitrogen and oxygen atoms in total. The molecule has 1 amide bonds. The monoisotopic (exact) mass is 187 g/mol. The largest absolute Gasteiger partial charge is 0.447 e. The minimum Gasteiger partial charge on any atom is -0.447 e. The highest BCUT2D eigenvalue weighted by Gasteiger charge is 2.14. The van der Waals surface area contributed by atoms with Crippen LogP contribution in [0.2, 0.25) is 0 Å². The van der Waals surface area contributed by atoms with Crippen molar-refractivity contribution in [3.8, 4) is 0 Å². The number of hydrogen-bond acceptors (Lipinski definition) is 3. The molecule has 13 heavy (non-hydrogen) atoms. The Morgan fingerprint density at radius 1 is 1.62 bits per heavy atom. The van der Waals surface area contributed by atoms with Gasteiger partial charge in [0.05, 0.1) is 12.6 Å². The van der Waals surface area contributed by atoms with E-state index in [9.17, 15) is 4.79 Å². The van der Waals surface area contributed by atoms with Gasteiger partial charge in [-0.05, 0) is 20.8 Å². The lowest BCUT2D eigenvalue weighted by atomic mass is 10.4. The van der Waals surface area contributed by atoms with E-state index in [1.54, 1.807) is 13.8 Å². The Hall–Kier alpha value is -1.26. The molecule has 0 aromatic heterocycles. The molecular weight excluding hydrogens is 170 g/mol. The molecule has 0 spiro atoms. The van der Waals surface area contributed by atoms with Crippen molar-refractivity contribution < 1.29 is 9.53 Å². The number of hydrogen-bond donors (Lipinski definition) is 2. The molecule has 0 radical (unpaired) electrons. The maximum atomic E-state index is 11.3. The first-order valence-electron chi connectivity index (χ1n) is 4.25. The average Bonchev–Trinajstić information content (AvgIpc) is 1.98. The summed E-state index contributed by atoms with van der Waals surface area (Å²) in [5, 5.41) is 7.03. The van der Waals surface area contributed by atoms with Crippen molar-refractivity contribution in [3.63, 3.8) is 0 Å². The second kappa shape index (κ2) is 5.40. The third kappa shape index (κ3) is 5.05. The van der Waals surface area contributed by atoms with Crippen molar-refractivity contribution in [2.45, 2.75) is 26.9 Å². The van der Waals surface area contributed by atoms with Crippen molar-refractivity contribution >= 4 is 11.9 Å². The van der Waals surface area contributed by atoms with Gasteiger partial charge in [0, 0.05) is 6.54 Å². The van der Waals surface area contributed by atoms with Crippen molar-refractivity contribution in [2.75, 3.05) is 13.1 Å². The second-order valence-corrected chi connectivity index (χ2v) is 2.97. The van der Waals surface area contributed by atoms with E-state index in [0.29, 0.717) is 6.54 Å². The molecule has 3 N–H and O–H groups in total. The number of ether oxygens (including phenoxy) is 1. The van der Waals surface area contributed by atoms with E-state index < -0.39 is 6.09 Å². The van der Waals surface area contributed by atoms with Gasteiger partial charge in [-0.25, -0.2) is 4.79 Å². The Morgan fingerprint density at radius 3 is 2.46 bits per heavy atom. The molecular formula is C8H17N3O2. The highest BCUT2D eigenvalue weighted by molar-refractivity contribution is 5.82. The second-order valence-electron chi connectivity index (χ2n) is 2.97. The SMILES string of the molecule is CCN(CC(=N)N)C(=O)OC(C)C. The molecule has 0 aromatic carbocycles. The smallest absolute Gasteiger partial charge is 0.410 e. The quantitative estimate of drug-likeness (QED) is 0.504. The van der Waals surface area contributed by atoms with Crippen molar-refractivity contribution in [1.82, 2.24) is 4.90 Å². The number of carbonyl (C=O) groups is 1. The number of nitrogens with two attached hydrogens (primary N) is 1. The fourth-order valence-electron chi connectivity index (χ4n) is 0.787. The molecule has 0 rings (SSSR count). The lowest BCUT2D eigenvalue weighted by Crippen LogP contribution is -2.39. The van der Waals surface area contributed by atoms with Gasteiger partial charge in [0.15, 0.2) is 0 Å². The summed E-state index contributed by atoms with van der Waals surface area (Å²) in [4.78, 5) is 12.6. The maximum absolute atomic E-state index is 11.3. The van der Waals surface area contributed by atoms with Crippen LogP contribution in [-0.4, -0.2) is 36.0 Å². The summed E-state index contributed by atoms with van der Waals surface area (Å²) in [5.41, 5.74) is 5.17. The molecule has 0 atom stereocenters. The van der Waals surface area contributed by atoms with Gasteiger partial charge in [-0.1, -0.05) is 0 Å². The Kier molecular flexibility index (Phi) is 4.87. The van der Waals surface area contributed by atoms with Gasteiger partial charge in [0.1, 0.15) is 5.84 Å². The number of rotatable bonds is 4. The minimum atomic E-state index is -0.423. The van der Waals surface area contributed by atoms with Gasteiger partial charge in [0.2, 0.25) is 0 Å². The van der Waals surface area contributed by atoms with E-state index in [0.717, 1.165) is 0 Å². The van der Waals surface area contributed by atoms with Gasteiger partial charge >= 0.3 is 6.09 Å². The zero-order valence-electron chi connectivity index (χ0n) is 8.33. The third-order valence-corrected chi connectivity index (χ3v) is 1.34. The Labute approximate surface area is 78.4 Å². The molecule has 76 valence electrons. The van der Waals surface area contributed by atoms with Gasteiger partial charge in [-0.15, -0.1) is 0 Å². The van der Waals surface area contributed by atoms with Crippen molar-refractivity contribution in [3.05, 3.63) is 0 Å². The van der Waals surface area contributed by atoms with Crippen LogP contribution in [0.1, 0.15) is 20.8 Å². The molecule has 0 fully saturated rings. The van der Waals surface area contributed by atoms with E-state index in [-0.39, 0.29) is 18.5 Å². The first-order valence-corrected chi connectivity index (χ1v) is 4.25. The Morgan fingerprint density at radius 2 is 2.15 bits per heavy atom. The van der Waals surface area contributed by atoms with Crippen molar-refractivity contribution in [1.29, 1.82) is 5.41 Å². The topological polar surface area (TPSA) is 79.4 Å². The molecule has 0 aromatic rings. The predicted molar refractivity (Wildman–Crippen MR) is 50.8 cm³/mol. The summed E-state index contributed by atoms with van der Waals surface area (Å²) in [6.45, 7) is 5.98. The van der Waals surface area contributed by atoms with Crippen LogP contribution in [0.5, 0.6) is 0 Å². The Balaban J connectivity index is 4.07. The fraction of sp³-hybridized carbons (Fsp3) is 0.750. The van der Waals surface area contributed by atoms with E-state index >= 15 is 0 Å². The van der Waals surface area contributed by atoms with Crippen LogP contribution in [0.3, 0.4) is 0 Å². The lowest BCUT2D eigenvalue weighted by Gasteiger charge is -2.20. The summed E-state index contributed by atoms with van der Waals surface area (Å²) in [5.74, 6) is -0.0393. The van der Waals surface area contributed by atoms with E-state index in [2.05, 4.69) is 0 Å². The maximum Gasteiger partial charge on any atom is 0.410 e. The number of nitrogens with zero attached hydrogens (tertiary/aromatic N) is 1. The standard InChI is InChI=1S/C8H17N3O2/c1-4-11(5-7(9)10)8(12)13-6(2)3/h6H,4-5H2,1-3H3,(H3,9,10). The van der Waals surface area contributed by atoms with Crippen LogP contribution in [0.25, 0.3) is 0 Å². The molecule has 0 heterocycles. The normalized spacial score (nSPS) is 9.85. The summed E-state index contributed by atoms with van der Waals surface area (Å²) in [6.07, 6.45) is -0.568. The first kappa shape index (κ1) is 11.7. The highest BCUT2D eigenvalue weighted by Crippen LogP contribution is 1.97. The molecule has 0 bridgehead atoms. The number of amides is 1. The zero-order chi connectivity index (χ0) is 10.4. The number of nitrogens with one attached hydrogen (secondary N) is 1. The summed E-state index contributed by atoms with van der Waals surface area (Å²) in [6, 6.07) is 0. The van der Waals surface area contributed by atoms with E-state index in [1.807, 2.05) is 6.92 Å². The zero-order valence-corrected chi connectivity index (χ0v) is 8.33. The van der Waals surface area contributed by atoms with Crippen molar-refractivity contribution in [2.24, 2.45) is 5.73 Å². The van der Waals surface area contributed by atoms with Gasteiger partial charge < -0.3 is 15.4 Å². The Bertz CT molecular complexity index is 192. The van der Waals surface area contributed by atoms with Crippen LogP contribution in [-0.2, 0) is 4.74 Å². The predicted octanol–water partition coefficient (Wildman–Crippen LogP) is 0.789. The lowest BCUT2D eigenvalue weighted by molar-refractivity contribution is 0.0825. The third-order valence-electron chi connectivity index (χ3n) is 1.34. The van der Waals surface area contributed by atoms with E-state index in [4.69, 9.17) is 15.9 Å². The van der Waals surface area contributed by atoms with E-state index in [1.165, 1.54) is 4.90 Å². The molecule has 0 saturated heterocycles. The summed E-state index contributed by atoms with van der Waals surface area (Å²) < 4.78 is 4.94. The molecule has 0 saturated carbocycles. The number of amidine groups is 1. The number of carbonyl (C=O) groups excluding carboxylic acids is 1. The average molecular weight is 187 g/mol. The van der Waals surface area contributed by atoms with Gasteiger partial charge in [-0.3, -0.25) is 5.41 Å². The van der Waals surface area contributed by atoms with Crippen LogP contribution >= 0.6 is 0 Å². The van der Waals surface area contributed by atoms with Crippen LogP contribution in [0.4, 0.5) is 4.79 Å². The number of likely N-dealkylation sites (N-methyl/N-ethyl adjacent to an activating group) is 1. The highest BCUT2D eigenvalue weighted by atomic mass is 16.6. The first-order chi connectivity index (χ1) is 5.97. The van der Waals surface area contributed by atoms with Crippen LogP contribution < -0.4 is 5.73 Å². The van der Waals surface area contributed by atoms with Crippen LogP contribution in [0, 0.1) is 5.41 Å². The molecule has 0 aliphatic carbocycles. The molecule has 0 aliphatic rings. The summed E-state index contributed by atoms with van der Waals surface area (Å²) >= 11 is 0. The van der Waals surface area contributed by atoms with Gasteiger partial charge in [0.25, 0.3) is 0 Å². The van der Waals surface area contributed by atoms with Crippen LogP contribution in [0.15, 0.2) is 0 Å². The van der Waals surface area contributed by atoms with Gasteiger partial charge in [-0.2, -0.15) is 0 Å². The molecule has 0 aliphatic heterocycles. The minimum absolute atomic E-state index is 0.0393. The molecule has 0 unspecified atom stereocenters. The molecule has 5 heteroatoms. The summed E-state index contributed by atoms with van der Waals surface area (Å²) in [7, 11) is 0.